The number of nitrogens with one attached hydrogen (secondary N) is 1. The van der Waals surface area contributed by atoms with Crippen LogP contribution in [0.2, 0.25) is 0 Å². The fraction of sp³-hybridized carbons (Fsp3) is 0.900. The molecule has 1 fully saturated rings. The highest BCUT2D eigenvalue weighted by Crippen LogP contribution is 2.34. The van der Waals surface area contributed by atoms with Crippen LogP contribution in [0.5, 0.6) is 0 Å². The smallest absolute Gasteiger partial charge is 0.189 e. The average molecular weight is 197 g/mol. The molecule has 0 bridgehead atoms. The molecule has 14 heavy (non-hydrogen) atoms. The minimum atomic E-state index is -0.0249. The predicted octanol–water partition coefficient (Wildman–Crippen LogP) is 0.622. The van der Waals surface area contributed by atoms with Crippen LogP contribution in [-0.2, 0) is 4.74 Å². The lowest BCUT2D eigenvalue weighted by molar-refractivity contribution is -0.0590. The van der Waals surface area contributed by atoms with Crippen LogP contribution in [-0.4, -0.2) is 31.3 Å². The summed E-state index contributed by atoms with van der Waals surface area (Å²) in [5, 5.41) is 3.22. The molecule has 0 saturated heterocycles. The van der Waals surface area contributed by atoms with Gasteiger partial charge in [0.05, 0.1) is 18.2 Å². The number of rotatable bonds is 2. The summed E-state index contributed by atoms with van der Waals surface area (Å²) in [6, 6.07) is 0.285. The van der Waals surface area contributed by atoms with Crippen LogP contribution >= 0.6 is 0 Å². The van der Waals surface area contributed by atoms with Crippen molar-refractivity contribution in [3.8, 4) is 0 Å². The molecule has 2 aliphatic rings. The number of methoxy groups -OCH3 is 1. The molecule has 0 aromatic rings. The van der Waals surface area contributed by atoms with Gasteiger partial charge in [-0.1, -0.05) is 19.3 Å². The van der Waals surface area contributed by atoms with Gasteiger partial charge in [-0.05, 0) is 12.8 Å². The third-order valence-electron chi connectivity index (χ3n) is 3.51. The molecule has 3 N–H and O–H groups in total. The van der Waals surface area contributed by atoms with E-state index in [2.05, 4.69) is 10.3 Å². The normalized spacial score (nSPS) is 30.9. The molecule has 4 nitrogen and oxygen atoms in total. The number of nitrogens with two attached hydrogens (primary N) is 1. The molecular weight excluding hydrogens is 178 g/mol. The van der Waals surface area contributed by atoms with E-state index in [4.69, 9.17) is 10.5 Å². The second-order valence-corrected chi connectivity index (χ2v) is 4.25. The van der Waals surface area contributed by atoms with Crippen molar-refractivity contribution in [2.24, 2.45) is 10.7 Å². The summed E-state index contributed by atoms with van der Waals surface area (Å²) in [5.74, 6) is 0.567. The lowest BCUT2D eigenvalue weighted by Crippen LogP contribution is -2.54. The second kappa shape index (κ2) is 3.77. The van der Waals surface area contributed by atoms with Gasteiger partial charge in [-0.25, -0.2) is 0 Å². The zero-order valence-corrected chi connectivity index (χ0v) is 8.75. The molecule has 1 saturated carbocycles. The van der Waals surface area contributed by atoms with E-state index in [-0.39, 0.29) is 11.6 Å². The first-order chi connectivity index (χ1) is 6.77. The monoisotopic (exact) mass is 197 g/mol. The number of hydrogen-bond donors (Lipinski definition) is 2. The van der Waals surface area contributed by atoms with Gasteiger partial charge >= 0.3 is 0 Å². The molecule has 0 aromatic carbocycles. The van der Waals surface area contributed by atoms with Gasteiger partial charge in [-0.15, -0.1) is 0 Å². The van der Waals surface area contributed by atoms with E-state index >= 15 is 0 Å². The molecule has 1 atom stereocenters. The van der Waals surface area contributed by atoms with Crippen LogP contribution < -0.4 is 11.1 Å². The maximum Gasteiger partial charge on any atom is 0.189 e. The van der Waals surface area contributed by atoms with Gasteiger partial charge in [-0.3, -0.25) is 4.99 Å². The number of aliphatic imine (C=N–C) groups is 1. The Hall–Kier alpha value is -0.770. The highest BCUT2D eigenvalue weighted by atomic mass is 16.5. The molecule has 0 spiro atoms. The van der Waals surface area contributed by atoms with E-state index in [1.165, 1.54) is 19.3 Å². The van der Waals surface area contributed by atoms with E-state index in [0.717, 1.165) is 19.4 Å². The molecular formula is C10H19N3O. The number of guanidine groups is 1. The molecule has 4 heteroatoms. The van der Waals surface area contributed by atoms with Crippen molar-refractivity contribution >= 4 is 5.96 Å². The van der Waals surface area contributed by atoms with Crippen molar-refractivity contribution in [1.29, 1.82) is 0 Å². The maximum atomic E-state index is 5.72. The number of ether oxygens (including phenoxy) is 1. The Labute approximate surface area is 84.9 Å². The molecule has 2 rings (SSSR count). The second-order valence-electron chi connectivity index (χ2n) is 4.25. The minimum Gasteiger partial charge on any atom is -0.376 e. The summed E-state index contributed by atoms with van der Waals surface area (Å²) >= 11 is 0. The van der Waals surface area contributed by atoms with Gasteiger partial charge in [0.2, 0.25) is 0 Å². The molecule has 1 heterocycles. The van der Waals surface area contributed by atoms with E-state index < -0.39 is 0 Å². The van der Waals surface area contributed by atoms with Crippen molar-refractivity contribution in [1.82, 2.24) is 5.32 Å². The predicted molar refractivity (Wildman–Crippen MR) is 56.2 cm³/mol. The Kier molecular flexibility index (Phi) is 2.63. The van der Waals surface area contributed by atoms with Gasteiger partial charge in [0.1, 0.15) is 0 Å². The van der Waals surface area contributed by atoms with Gasteiger partial charge in [-0.2, -0.15) is 0 Å². The van der Waals surface area contributed by atoms with Crippen molar-refractivity contribution in [2.75, 3.05) is 13.7 Å². The van der Waals surface area contributed by atoms with Crippen LogP contribution in [0.4, 0.5) is 0 Å². The van der Waals surface area contributed by atoms with E-state index in [0.29, 0.717) is 5.96 Å². The van der Waals surface area contributed by atoms with Gasteiger partial charge in [0.15, 0.2) is 5.96 Å². The highest BCUT2D eigenvalue weighted by Gasteiger charge is 2.41. The summed E-state index contributed by atoms with van der Waals surface area (Å²) in [6.45, 7) is 0.764. The molecule has 0 aromatic heterocycles. The molecule has 80 valence electrons. The van der Waals surface area contributed by atoms with Gasteiger partial charge in [0.25, 0.3) is 0 Å². The topological polar surface area (TPSA) is 59.6 Å². The summed E-state index contributed by atoms with van der Waals surface area (Å²) in [5.41, 5.74) is 5.60. The van der Waals surface area contributed by atoms with Crippen molar-refractivity contribution in [2.45, 2.75) is 43.7 Å². The number of nitrogens with zero attached hydrogens (tertiary/aromatic N) is 1. The van der Waals surface area contributed by atoms with Crippen molar-refractivity contribution in [3.63, 3.8) is 0 Å². The first-order valence-electron chi connectivity index (χ1n) is 5.38. The zero-order chi connectivity index (χ0) is 10.0. The molecule has 1 unspecified atom stereocenters. The third kappa shape index (κ3) is 1.59. The zero-order valence-electron chi connectivity index (χ0n) is 8.75. The highest BCUT2D eigenvalue weighted by molar-refractivity contribution is 5.80. The molecule has 0 radical (unpaired) electrons. The van der Waals surface area contributed by atoms with Crippen LogP contribution in [0.1, 0.15) is 32.1 Å². The van der Waals surface area contributed by atoms with Gasteiger partial charge < -0.3 is 15.8 Å². The SMILES string of the molecule is COC1(C2CN=C(N)N2)CCCCC1. The van der Waals surface area contributed by atoms with E-state index in [1.54, 1.807) is 0 Å². The molecule has 0 amide bonds. The summed E-state index contributed by atoms with van der Waals surface area (Å²) in [6.07, 6.45) is 6.10. The van der Waals surface area contributed by atoms with Crippen LogP contribution in [0, 0.1) is 0 Å². The minimum absolute atomic E-state index is 0.0249. The van der Waals surface area contributed by atoms with Crippen LogP contribution in [0.15, 0.2) is 4.99 Å². The molecule has 1 aliphatic carbocycles. The third-order valence-corrected chi connectivity index (χ3v) is 3.51. The van der Waals surface area contributed by atoms with E-state index in [9.17, 15) is 0 Å². The fourth-order valence-electron chi connectivity index (χ4n) is 2.60. The Bertz CT molecular complexity index is 234. The quantitative estimate of drug-likeness (QED) is 0.682. The lowest BCUT2D eigenvalue weighted by atomic mass is 9.79. The van der Waals surface area contributed by atoms with Crippen molar-refractivity contribution < 1.29 is 4.74 Å². The van der Waals surface area contributed by atoms with Crippen LogP contribution in [0.25, 0.3) is 0 Å². The van der Waals surface area contributed by atoms with E-state index in [1.807, 2.05) is 7.11 Å². The Morgan fingerprint density at radius 3 is 2.64 bits per heavy atom. The largest absolute Gasteiger partial charge is 0.376 e. The number of hydrogen-bond acceptors (Lipinski definition) is 4. The maximum absolute atomic E-state index is 5.72. The summed E-state index contributed by atoms with van der Waals surface area (Å²) in [7, 11) is 1.81. The first kappa shape index (κ1) is 9.77. The van der Waals surface area contributed by atoms with Crippen LogP contribution in [0.3, 0.4) is 0 Å². The Balaban J connectivity index is 2.04. The summed E-state index contributed by atoms with van der Waals surface area (Å²) < 4.78 is 5.72. The Morgan fingerprint density at radius 2 is 2.14 bits per heavy atom. The Morgan fingerprint density at radius 1 is 1.43 bits per heavy atom. The lowest BCUT2D eigenvalue weighted by Gasteiger charge is -2.40. The summed E-state index contributed by atoms with van der Waals surface area (Å²) in [4.78, 5) is 4.19. The standard InChI is InChI=1S/C10H19N3O/c1-14-10(5-3-2-4-6-10)8-7-12-9(11)13-8/h8H,2-7H2,1H3,(H3,11,12,13). The van der Waals surface area contributed by atoms with Crippen molar-refractivity contribution in [3.05, 3.63) is 0 Å². The average Bonchev–Trinajstić information content (AvgIpc) is 2.66. The molecule has 1 aliphatic heterocycles. The van der Waals surface area contributed by atoms with Gasteiger partial charge in [0, 0.05) is 7.11 Å². The fourth-order valence-corrected chi connectivity index (χ4v) is 2.60. The first-order valence-corrected chi connectivity index (χ1v) is 5.38.